The minimum absolute atomic E-state index is 0.184. The first-order chi connectivity index (χ1) is 12.0. The molecular formula is C18H21N3O4. The van der Waals surface area contributed by atoms with Crippen LogP contribution in [0, 0.1) is 5.92 Å². The van der Waals surface area contributed by atoms with Gasteiger partial charge in [-0.3, -0.25) is 14.4 Å². The average Bonchev–Trinajstić information content (AvgIpc) is 2.73. The van der Waals surface area contributed by atoms with E-state index in [2.05, 4.69) is 0 Å². The lowest BCUT2D eigenvalue weighted by molar-refractivity contribution is -0.168. The van der Waals surface area contributed by atoms with E-state index in [4.69, 9.17) is 10.8 Å². The quantitative estimate of drug-likeness (QED) is 0.796. The molecule has 2 aliphatic heterocycles. The third kappa shape index (κ3) is 3.41. The van der Waals surface area contributed by atoms with Crippen molar-refractivity contribution in [3.05, 3.63) is 48.0 Å². The molecule has 1 saturated heterocycles. The molecule has 3 atom stereocenters. The number of aliphatic carboxylic acids is 1. The van der Waals surface area contributed by atoms with E-state index in [9.17, 15) is 14.4 Å². The first-order valence-electron chi connectivity index (χ1n) is 8.31. The molecule has 2 heterocycles. The number of carbonyl (C=O) groups excluding carboxylic acids is 2. The fraction of sp³-hybridized carbons (Fsp3) is 0.389. The van der Waals surface area contributed by atoms with E-state index in [1.807, 2.05) is 30.3 Å². The largest absolute Gasteiger partial charge is 0.481 e. The Morgan fingerprint density at radius 2 is 2.00 bits per heavy atom. The highest BCUT2D eigenvalue weighted by molar-refractivity contribution is 5.88. The number of nitrogens with two attached hydrogens (primary N) is 1. The maximum Gasteiger partial charge on any atom is 0.305 e. The standard InChI is InChI=1S/C18H21N3O4/c19-17(12-5-2-1-3-6-12)14-8-9-15(22)20-10-4-7-13(11-16(23)24)21(20)18(14)25/h1-7,13-14,17H,8-11,19H2,(H,23,24). The van der Waals surface area contributed by atoms with Gasteiger partial charge in [0, 0.05) is 12.5 Å². The fourth-order valence-corrected chi connectivity index (χ4v) is 3.45. The molecular weight excluding hydrogens is 322 g/mol. The maximum absolute atomic E-state index is 13.2. The van der Waals surface area contributed by atoms with Gasteiger partial charge in [-0.1, -0.05) is 42.5 Å². The number of hydrazine groups is 1. The third-order valence-electron chi connectivity index (χ3n) is 4.71. The number of amides is 2. The summed E-state index contributed by atoms with van der Waals surface area (Å²) in [5.74, 6) is -2.07. The van der Waals surface area contributed by atoms with Crippen molar-refractivity contribution >= 4 is 17.8 Å². The second kappa shape index (κ2) is 7.06. The van der Waals surface area contributed by atoms with Crippen molar-refractivity contribution in [3.63, 3.8) is 0 Å². The second-order valence-corrected chi connectivity index (χ2v) is 6.33. The molecule has 25 heavy (non-hydrogen) atoms. The number of hydrogen-bond acceptors (Lipinski definition) is 4. The molecule has 2 amide bonds. The Labute approximate surface area is 145 Å². The Morgan fingerprint density at radius 3 is 2.68 bits per heavy atom. The van der Waals surface area contributed by atoms with Crippen LogP contribution in [0.3, 0.4) is 0 Å². The molecule has 0 bridgehead atoms. The lowest BCUT2D eigenvalue weighted by Gasteiger charge is -2.41. The summed E-state index contributed by atoms with van der Waals surface area (Å²) in [4.78, 5) is 36.8. The summed E-state index contributed by atoms with van der Waals surface area (Å²) >= 11 is 0. The highest BCUT2D eigenvalue weighted by Crippen LogP contribution is 2.32. The van der Waals surface area contributed by atoms with Crippen molar-refractivity contribution in [2.24, 2.45) is 11.7 Å². The van der Waals surface area contributed by atoms with E-state index in [1.165, 1.54) is 10.0 Å². The molecule has 7 nitrogen and oxygen atoms in total. The lowest BCUT2D eigenvalue weighted by Crippen LogP contribution is -2.57. The monoisotopic (exact) mass is 343 g/mol. The van der Waals surface area contributed by atoms with E-state index in [1.54, 1.807) is 12.2 Å². The van der Waals surface area contributed by atoms with E-state index in [-0.39, 0.29) is 31.2 Å². The van der Waals surface area contributed by atoms with Gasteiger partial charge >= 0.3 is 5.97 Å². The van der Waals surface area contributed by atoms with Crippen molar-refractivity contribution in [2.45, 2.75) is 31.3 Å². The van der Waals surface area contributed by atoms with Crippen molar-refractivity contribution in [1.29, 1.82) is 0 Å². The lowest BCUT2D eigenvalue weighted by atomic mass is 9.89. The number of hydrogen-bond donors (Lipinski definition) is 2. The first kappa shape index (κ1) is 17.2. The summed E-state index contributed by atoms with van der Waals surface area (Å²) in [6.45, 7) is 0.272. The van der Waals surface area contributed by atoms with Crippen LogP contribution < -0.4 is 5.73 Å². The molecule has 0 aliphatic carbocycles. The molecule has 1 aromatic carbocycles. The zero-order chi connectivity index (χ0) is 18.0. The minimum Gasteiger partial charge on any atom is -0.481 e. The second-order valence-electron chi connectivity index (χ2n) is 6.33. The van der Waals surface area contributed by atoms with Crippen LogP contribution in [0.15, 0.2) is 42.5 Å². The summed E-state index contributed by atoms with van der Waals surface area (Å²) < 4.78 is 0. The van der Waals surface area contributed by atoms with Crippen LogP contribution in [0.25, 0.3) is 0 Å². The van der Waals surface area contributed by atoms with Crippen LogP contribution in [0.5, 0.6) is 0 Å². The molecule has 3 rings (SSSR count). The molecule has 0 radical (unpaired) electrons. The predicted octanol–water partition coefficient (Wildman–Crippen LogP) is 1.08. The summed E-state index contributed by atoms with van der Waals surface area (Å²) in [5.41, 5.74) is 7.16. The van der Waals surface area contributed by atoms with Gasteiger partial charge in [0.1, 0.15) is 0 Å². The zero-order valence-electron chi connectivity index (χ0n) is 13.7. The van der Waals surface area contributed by atoms with Crippen LogP contribution in [-0.4, -0.2) is 45.5 Å². The van der Waals surface area contributed by atoms with Gasteiger partial charge in [0.25, 0.3) is 0 Å². The van der Waals surface area contributed by atoms with Crippen molar-refractivity contribution in [2.75, 3.05) is 6.54 Å². The number of fused-ring (bicyclic) bond motifs is 1. The van der Waals surface area contributed by atoms with Gasteiger partial charge in [-0.15, -0.1) is 0 Å². The molecule has 2 aliphatic rings. The Morgan fingerprint density at radius 1 is 1.28 bits per heavy atom. The zero-order valence-corrected chi connectivity index (χ0v) is 13.7. The van der Waals surface area contributed by atoms with Crippen LogP contribution >= 0.6 is 0 Å². The van der Waals surface area contributed by atoms with Gasteiger partial charge in [0.15, 0.2) is 0 Å². The van der Waals surface area contributed by atoms with Crippen LogP contribution in [0.4, 0.5) is 0 Å². The summed E-state index contributed by atoms with van der Waals surface area (Å²) in [7, 11) is 0. The van der Waals surface area contributed by atoms with Gasteiger partial charge in [-0.2, -0.15) is 0 Å². The molecule has 0 saturated carbocycles. The predicted molar refractivity (Wildman–Crippen MR) is 89.8 cm³/mol. The maximum atomic E-state index is 13.2. The first-order valence-corrected chi connectivity index (χ1v) is 8.31. The molecule has 3 unspecified atom stereocenters. The van der Waals surface area contributed by atoms with E-state index < -0.39 is 24.0 Å². The van der Waals surface area contributed by atoms with Crippen molar-refractivity contribution in [3.8, 4) is 0 Å². The van der Waals surface area contributed by atoms with E-state index in [0.717, 1.165) is 5.56 Å². The Hall–Kier alpha value is -2.67. The molecule has 0 spiro atoms. The number of carboxylic acids is 1. The Kier molecular flexibility index (Phi) is 4.85. The summed E-state index contributed by atoms with van der Waals surface area (Å²) in [5, 5.41) is 11.8. The van der Waals surface area contributed by atoms with E-state index in [0.29, 0.717) is 6.42 Å². The van der Waals surface area contributed by atoms with Gasteiger partial charge in [-0.25, -0.2) is 10.0 Å². The molecule has 3 N–H and O–H groups in total. The number of rotatable bonds is 4. The molecule has 7 heteroatoms. The number of carbonyl (C=O) groups is 3. The third-order valence-corrected chi connectivity index (χ3v) is 4.71. The van der Waals surface area contributed by atoms with Crippen molar-refractivity contribution < 1.29 is 19.5 Å². The van der Waals surface area contributed by atoms with E-state index >= 15 is 0 Å². The van der Waals surface area contributed by atoms with Crippen LogP contribution in [0.1, 0.15) is 30.9 Å². The average molecular weight is 343 g/mol. The minimum atomic E-state index is -1.02. The fourth-order valence-electron chi connectivity index (χ4n) is 3.45. The number of benzene rings is 1. The van der Waals surface area contributed by atoms with Crippen LogP contribution in [0.2, 0.25) is 0 Å². The summed E-state index contributed by atoms with van der Waals surface area (Å²) in [6.07, 6.45) is 3.71. The van der Waals surface area contributed by atoms with Gasteiger partial charge in [-0.05, 0) is 12.0 Å². The number of nitrogens with zero attached hydrogens (tertiary/aromatic N) is 2. The molecule has 0 aromatic heterocycles. The SMILES string of the molecule is NC(c1ccccc1)C1CCC(=O)N2CC=CC(CC(=O)O)N2C1=O. The summed E-state index contributed by atoms with van der Waals surface area (Å²) in [6, 6.07) is 8.06. The highest BCUT2D eigenvalue weighted by Gasteiger charge is 2.42. The number of carboxylic acid groups (broad SMARTS) is 1. The topological polar surface area (TPSA) is 104 Å². The van der Waals surface area contributed by atoms with Crippen molar-refractivity contribution in [1.82, 2.24) is 10.0 Å². The van der Waals surface area contributed by atoms with Gasteiger partial charge in [0.2, 0.25) is 11.8 Å². The Balaban J connectivity index is 1.92. The Bertz CT molecular complexity index is 704. The van der Waals surface area contributed by atoms with Gasteiger partial charge < -0.3 is 10.8 Å². The van der Waals surface area contributed by atoms with Crippen LogP contribution in [-0.2, 0) is 14.4 Å². The molecule has 1 aromatic rings. The molecule has 132 valence electrons. The van der Waals surface area contributed by atoms with Gasteiger partial charge in [0.05, 0.1) is 24.9 Å². The molecule has 1 fully saturated rings. The smallest absolute Gasteiger partial charge is 0.305 e. The highest BCUT2D eigenvalue weighted by atomic mass is 16.4. The normalized spacial score (nSPS) is 24.7.